The Morgan fingerprint density at radius 3 is 2.75 bits per heavy atom. The highest BCUT2D eigenvalue weighted by molar-refractivity contribution is 9.11. The molecule has 16 heavy (non-hydrogen) atoms. The lowest BCUT2D eigenvalue weighted by molar-refractivity contribution is 0.793. The number of benzene rings is 1. The molecule has 6 heteroatoms. The fourth-order valence-corrected chi connectivity index (χ4v) is 2.12. The van der Waals surface area contributed by atoms with Gasteiger partial charge in [-0.15, -0.1) is 16.7 Å². The van der Waals surface area contributed by atoms with E-state index in [9.17, 15) is 0 Å². The predicted molar refractivity (Wildman–Crippen MR) is 71.0 cm³/mol. The fourth-order valence-electron chi connectivity index (χ4n) is 1.24. The molecule has 84 valence electrons. The number of hydrogen-bond donors (Lipinski definition) is 0. The minimum Gasteiger partial charge on any atom is -0.219 e. The van der Waals surface area contributed by atoms with Gasteiger partial charge in [-0.1, -0.05) is 21.1 Å². The number of hydrogen-bond acceptors (Lipinski definition) is 2. The summed E-state index contributed by atoms with van der Waals surface area (Å²) in [6, 6.07) is 5.86. The lowest BCUT2D eigenvalue weighted by Gasteiger charge is -2.03. The quantitative estimate of drug-likeness (QED) is 0.751. The zero-order valence-electron chi connectivity index (χ0n) is 8.36. The first-order valence-corrected chi connectivity index (χ1v) is 6.62. The molecule has 0 saturated carbocycles. The smallest absolute Gasteiger partial charge is 0.101 e. The summed E-state index contributed by atoms with van der Waals surface area (Å²) in [5.41, 5.74) is 1.68. The SMILES string of the molecule is CC(Cl)c1cn(-c2cc(Br)ccc2Br)nn1. The van der Waals surface area contributed by atoms with Crippen molar-refractivity contribution in [1.29, 1.82) is 0 Å². The zero-order valence-corrected chi connectivity index (χ0v) is 12.3. The van der Waals surface area contributed by atoms with Crippen LogP contribution in [0.5, 0.6) is 0 Å². The molecule has 1 atom stereocenters. The number of aromatic nitrogens is 3. The molecule has 0 aliphatic heterocycles. The van der Waals surface area contributed by atoms with Gasteiger partial charge < -0.3 is 0 Å². The highest BCUT2D eigenvalue weighted by Crippen LogP contribution is 2.25. The Hall–Kier alpha value is -0.390. The van der Waals surface area contributed by atoms with Gasteiger partial charge in [-0.25, -0.2) is 4.68 Å². The van der Waals surface area contributed by atoms with Crippen molar-refractivity contribution >= 4 is 43.5 Å². The molecule has 0 bridgehead atoms. The first kappa shape index (κ1) is 12.1. The van der Waals surface area contributed by atoms with E-state index in [1.54, 1.807) is 4.68 Å². The molecule has 0 amide bonds. The molecule has 0 spiro atoms. The van der Waals surface area contributed by atoms with Gasteiger partial charge in [0.25, 0.3) is 0 Å². The molecule has 1 heterocycles. The van der Waals surface area contributed by atoms with E-state index >= 15 is 0 Å². The third-order valence-electron chi connectivity index (χ3n) is 2.07. The molecule has 2 aromatic rings. The second-order valence-corrected chi connectivity index (χ2v) is 5.72. The van der Waals surface area contributed by atoms with E-state index in [1.807, 2.05) is 31.3 Å². The molecular formula is C10H8Br2ClN3. The maximum absolute atomic E-state index is 5.94. The minimum absolute atomic E-state index is 0.139. The van der Waals surface area contributed by atoms with Crippen molar-refractivity contribution in [3.63, 3.8) is 0 Å². The summed E-state index contributed by atoms with van der Waals surface area (Å²) in [6.45, 7) is 1.87. The first-order valence-electron chi connectivity index (χ1n) is 4.59. The van der Waals surface area contributed by atoms with E-state index < -0.39 is 0 Å². The Morgan fingerprint density at radius 2 is 2.12 bits per heavy atom. The standard InChI is InChI=1S/C10H8Br2ClN3/c1-6(13)9-5-16(15-14-9)10-4-7(11)2-3-8(10)12/h2-6H,1H3. The van der Waals surface area contributed by atoms with Crippen molar-refractivity contribution in [2.24, 2.45) is 0 Å². The van der Waals surface area contributed by atoms with Crippen LogP contribution in [-0.2, 0) is 0 Å². The van der Waals surface area contributed by atoms with Gasteiger partial charge in [0.2, 0.25) is 0 Å². The van der Waals surface area contributed by atoms with E-state index in [2.05, 4.69) is 42.2 Å². The van der Waals surface area contributed by atoms with Crippen molar-refractivity contribution in [3.05, 3.63) is 39.0 Å². The fraction of sp³-hybridized carbons (Fsp3) is 0.200. The van der Waals surface area contributed by atoms with E-state index in [0.29, 0.717) is 0 Å². The summed E-state index contributed by atoms with van der Waals surface area (Å²) in [5.74, 6) is 0. The van der Waals surface area contributed by atoms with Gasteiger partial charge in [-0.2, -0.15) is 0 Å². The molecule has 0 N–H and O–H groups in total. The van der Waals surface area contributed by atoms with E-state index in [4.69, 9.17) is 11.6 Å². The molecule has 1 unspecified atom stereocenters. The van der Waals surface area contributed by atoms with Gasteiger partial charge >= 0.3 is 0 Å². The molecule has 0 saturated heterocycles. The lowest BCUT2D eigenvalue weighted by Crippen LogP contribution is -1.96. The Balaban J connectivity index is 2.46. The summed E-state index contributed by atoms with van der Waals surface area (Å²) >= 11 is 12.8. The molecule has 0 aliphatic carbocycles. The second kappa shape index (κ2) is 4.85. The molecule has 0 fully saturated rings. The van der Waals surface area contributed by atoms with Gasteiger partial charge in [0.15, 0.2) is 0 Å². The van der Waals surface area contributed by atoms with Crippen molar-refractivity contribution in [3.8, 4) is 5.69 Å². The van der Waals surface area contributed by atoms with E-state index in [1.165, 1.54) is 0 Å². The molecule has 0 aliphatic rings. The molecule has 3 nitrogen and oxygen atoms in total. The Morgan fingerprint density at radius 1 is 1.38 bits per heavy atom. The topological polar surface area (TPSA) is 30.7 Å². The minimum atomic E-state index is -0.139. The number of nitrogens with zero attached hydrogens (tertiary/aromatic N) is 3. The summed E-state index contributed by atoms with van der Waals surface area (Å²) < 4.78 is 3.64. The Labute approximate surface area is 115 Å². The largest absolute Gasteiger partial charge is 0.219 e. The molecule has 1 aromatic heterocycles. The van der Waals surface area contributed by atoms with Crippen molar-refractivity contribution < 1.29 is 0 Å². The number of alkyl halides is 1. The van der Waals surface area contributed by atoms with Crippen LogP contribution >= 0.6 is 43.5 Å². The van der Waals surface area contributed by atoms with Gasteiger partial charge in [-0.05, 0) is 41.1 Å². The first-order chi connectivity index (χ1) is 7.58. The van der Waals surface area contributed by atoms with Crippen LogP contribution in [-0.4, -0.2) is 15.0 Å². The van der Waals surface area contributed by atoms with Crippen LogP contribution < -0.4 is 0 Å². The summed E-state index contributed by atoms with van der Waals surface area (Å²) in [6.07, 6.45) is 1.82. The van der Waals surface area contributed by atoms with Crippen molar-refractivity contribution in [2.45, 2.75) is 12.3 Å². The van der Waals surface area contributed by atoms with Crippen molar-refractivity contribution in [2.75, 3.05) is 0 Å². The van der Waals surface area contributed by atoms with Crippen LogP contribution in [0.2, 0.25) is 0 Å². The molecular weight excluding hydrogens is 357 g/mol. The van der Waals surface area contributed by atoms with Crippen LogP contribution in [0.3, 0.4) is 0 Å². The molecule has 2 rings (SSSR count). The lowest BCUT2D eigenvalue weighted by atomic mass is 10.3. The maximum Gasteiger partial charge on any atom is 0.101 e. The normalized spacial score (nSPS) is 12.8. The van der Waals surface area contributed by atoms with E-state index in [0.717, 1.165) is 20.3 Å². The number of rotatable bonds is 2. The zero-order chi connectivity index (χ0) is 11.7. The van der Waals surface area contributed by atoms with Crippen molar-refractivity contribution in [1.82, 2.24) is 15.0 Å². The van der Waals surface area contributed by atoms with Gasteiger partial charge in [-0.3, -0.25) is 0 Å². The van der Waals surface area contributed by atoms with Gasteiger partial charge in [0.05, 0.1) is 17.3 Å². The average molecular weight is 365 g/mol. The summed E-state index contributed by atoms with van der Waals surface area (Å²) in [5, 5.41) is 7.91. The van der Waals surface area contributed by atoms with Crippen LogP contribution in [0.25, 0.3) is 5.69 Å². The van der Waals surface area contributed by atoms with Crippen LogP contribution in [0.1, 0.15) is 18.0 Å². The van der Waals surface area contributed by atoms with Crippen LogP contribution in [0.15, 0.2) is 33.3 Å². The third kappa shape index (κ3) is 2.47. The summed E-state index contributed by atoms with van der Waals surface area (Å²) in [7, 11) is 0. The number of halogens is 3. The maximum atomic E-state index is 5.94. The molecule has 1 aromatic carbocycles. The Bertz CT molecular complexity index is 511. The second-order valence-electron chi connectivity index (χ2n) is 3.30. The summed E-state index contributed by atoms with van der Waals surface area (Å²) in [4.78, 5) is 0. The predicted octanol–water partition coefficient (Wildman–Crippen LogP) is 4.09. The Kier molecular flexibility index (Phi) is 3.66. The van der Waals surface area contributed by atoms with Gasteiger partial charge in [0.1, 0.15) is 5.69 Å². The van der Waals surface area contributed by atoms with Crippen LogP contribution in [0.4, 0.5) is 0 Å². The average Bonchev–Trinajstić information content (AvgIpc) is 2.70. The highest BCUT2D eigenvalue weighted by Gasteiger charge is 2.09. The molecule has 0 radical (unpaired) electrons. The van der Waals surface area contributed by atoms with E-state index in [-0.39, 0.29) is 5.38 Å². The van der Waals surface area contributed by atoms with Crippen LogP contribution in [0, 0.1) is 0 Å². The monoisotopic (exact) mass is 363 g/mol. The third-order valence-corrected chi connectivity index (χ3v) is 3.46. The highest BCUT2D eigenvalue weighted by atomic mass is 79.9. The van der Waals surface area contributed by atoms with Gasteiger partial charge in [0, 0.05) is 8.95 Å².